The van der Waals surface area contributed by atoms with Gasteiger partial charge in [0.15, 0.2) is 0 Å². The maximum absolute atomic E-state index is 12.9. The molecule has 1 aromatic heterocycles. The Morgan fingerprint density at radius 2 is 0.717 bits per heavy atom. The van der Waals surface area contributed by atoms with E-state index in [0.717, 1.165) is 26.1 Å². The third kappa shape index (κ3) is 34.6. The number of carbonyl (C=O) groups excluding carboxylic acids is 2. The number of aromatic nitrogens is 1. The minimum Gasteiger partial charge on any atom is -0.381 e. The molecule has 0 radical (unpaired) electrons. The molecule has 0 fully saturated rings. The van der Waals surface area contributed by atoms with Crippen molar-refractivity contribution in [2.45, 2.75) is 246 Å². The lowest BCUT2D eigenvalue weighted by atomic mass is 9.94. The fourth-order valence-corrected chi connectivity index (χ4v) is 8.30. The summed E-state index contributed by atoms with van der Waals surface area (Å²) in [6.45, 7) is 13.1. The van der Waals surface area contributed by atoms with Gasteiger partial charge in [0, 0.05) is 39.5 Å². The van der Waals surface area contributed by atoms with Crippen molar-refractivity contribution >= 4 is 11.8 Å². The Hall–Kier alpha value is -1.99. The van der Waals surface area contributed by atoms with Crippen LogP contribution in [0.4, 0.5) is 0 Å². The van der Waals surface area contributed by atoms with E-state index in [0.29, 0.717) is 38.1 Å². The second-order valence-electron chi connectivity index (χ2n) is 18.1. The van der Waals surface area contributed by atoms with Crippen LogP contribution in [0, 0.1) is 11.8 Å². The lowest BCUT2D eigenvalue weighted by molar-refractivity contribution is 0.0854. The Balaban J connectivity index is 2.36. The first-order valence-corrected chi connectivity index (χ1v) is 26.2. The molecule has 2 unspecified atom stereocenters. The van der Waals surface area contributed by atoms with Gasteiger partial charge in [-0.25, -0.2) is 4.98 Å². The van der Waals surface area contributed by atoms with Crippen LogP contribution in [0.3, 0.4) is 0 Å². The van der Waals surface area contributed by atoms with Crippen LogP contribution < -0.4 is 10.6 Å². The van der Waals surface area contributed by atoms with E-state index in [2.05, 4.69) is 43.3 Å². The first kappa shape index (κ1) is 56.0. The van der Waals surface area contributed by atoms with Gasteiger partial charge in [-0.05, 0) is 62.5 Å². The van der Waals surface area contributed by atoms with Gasteiger partial charge in [0.25, 0.3) is 11.8 Å². The topological polar surface area (TPSA) is 89.5 Å². The highest BCUT2D eigenvalue weighted by Crippen LogP contribution is 2.22. The third-order valence-electron chi connectivity index (χ3n) is 12.3. The summed E-state index contributed by atoms with van der Waals surface area (Å²) in [7, 11) is 0. The lowest BCUT2D eigenvalue weighted by Gasteiger charge is -2.17. The minimum absolute atomic E-state index is 0.254. The van der Waals surface area contributed by atoms with Gasteiger partial charge >= 0.3 is 0 Å². The van der Waals surface area contributed by atoms with E-state index in [1.165, 1.54) is 205 Å². The summed E-state index contributed by atoms with van der Waals surface area (Å²) in [6, 6.07) is 5.07. The highest BCUT2D eigenvalue weighted by Gasteiger charge is 2.14. The van der Waals surface area contributed by atoms with Crippen LogP contribution >= 0.6 is 0 Å². The molecule has 0 saturated carbocycles. The average Bonchev–Trinajstić information content (AvgIpc) is 3.26. The second kappa shape index (κ2) is 43.7. The fourth-order valence-electron chi connectivity index (χ4n) is 8.30. The van der Waals surface area contributed by atoms with Gasteiger partial charge in [-0.2, -0.15) is 0 Å². The molecule has 2 atom stereocenters. The molecule has 0 aromatic carbocycles. The molecule has 1 rings (SSSR count). The number of amides is 2. The van der Waals surface area contributed by atoms with Crippen LogP contribution in [0.5, 0.6) is 0 Å². The number of ether oxygens (including phenoxy) is 2. The summed E-state index contributed by atoms with van der Waals surface area (Å²) in [6.07, 6.45) is 44.4. The van der Waals surface area contributed by atoms with Crippen molar-refractivity contribution in [1.82, 2.24) is 15.6 Å². The summed E-state index contributed by atoms with van der Waals surface area (Å²) in [5.41, 5.74) is 0.535. The lowest BCUT2D eigenvalue weighted by Crippen LogP contribution is -2.29. The van der Waals surface area contributed by atoms with E-state index in [-0.39, 0.29) is 23.2 Å². The van der Waals surface area contributed by atoms with Crippen LogP contribution in [0.15, 0.2) is 18.2 Å². The highest BCUT2D eigenvalue weighted by molar-refractivity contribution is 5.96. The Morgan fingerprint density at radius 1 is 0.433 bits per heavy atom. The molecule has 7 heteroatoms. The number of hydrogen-bond donors (Lipinski definition) is 2. The number of pyridine rings is 1. The molecule has 0 saturated heterocycles. The van der Waals surface area contributed by atoms with Gasteiger partial charge in [0.1, 0.15) is 11.4 Å². The summed E-state index contributed by atoms with van der Waals surface area (Å²) in [4.78, 5) is 30.2. The van der Waals surface area contributed by atoms with E-state index in [4.69, 9.17) is 9.47 Å². The number of nitrogens with one attached hydrogen (secondary N) is 2. The molecule has 350 valence electrons. The Labute approximate surface area is 372 Å². The summed E-state index contributed by atoms with van der Waals surface area (Å²) in [5, 5.41) is 5.95. The monoisotopic (exact) mass is 842 g/mol. The predicted octanol–water partition coefficient (Wildman–Crippen LogP) is 15.1. The molecule has 0 aliphatic heterocycles. The standard InChI is InChI=1S/C53H99N3O4/c1-5-9-13-17-21-23-27-31-38-48(36-29-25-19-15-11-7-3)46-59-44-34-42-54-52(57)50-40-33-41-51(56-50)53(58)55-43-35-45-60-47-49(37-30-26-20-16-12-8-4)39-32-28-24-22-18-14-10-6-2/h33,40-41,48-49H,5-32,34-39,42-47H2,1-4H3,(H,54,57)(H,55,58). The maximum Gasteiger partial charge on any atom is 0.269 e. The summed E-state index contributed by atoms with van der Waals surface area (Å²) >= 11 is 0. The smallest absolute Gasteiger partial charge is 0.269 e. The van der Waals surface area contributed by atoms with Crippen molar-refractivity contribution in [3.63, 3.8) is 0 Å². The molecule has 0 aliphatic rings. The maximum atomic E-state index is 12.9. The molecular weight excluding hydrogens is 743 g/mol. The van der Waals surface area contributed by atoms with Gasteiger partial charge in [-0.3, -0.25) is 9.59 Å². The zero-order valence-corrected chi connectivity index (χ0v) is 40.3. The molecule has 0 spiro atoms. The first-order valence-electron chi connectivity index (χ1n) is 26.2. The van der Waals surface area contributed by atoms with E-state index >= 15 is 0 Å². The van der Waals surface area contributed by atoms with E-state index in [9.17, 15) is 9.59 Å². The van der Waals surface area contributed by atoms with Gasteiger partial charge in [-0.15, -0.1) is 0 Å². The zero-order chi connectivity index (χ0) is 43.4. The molecule has 0 bridgehead atoms. The van der Waals surface area contributed by atoms with Crippen LogP contribution in [-0.2, 0) is 9.47 Å². The van der Waals surface area contributed by atoms with Gasteiger partial charge in [0.2, 0.25) is 0 Å². The van der Waals surface area contributed by atoms with Crippen molar-refractivity contribution in [3.8, 4) is 0 Å². The number of unbranched alkanes of at least 4 members (excludes halogenated alkanes) is 24. The van der Waals surface area contributed by atoms with Gasteiger partial charge in [0.05, 0.1) is 0 Å². The van der Waals surface area contributed by atoms with E-state index < -0.39 is 0 Å². The Kier molecular flexibility index (Phi) is 40.8. The minimum atomic E-state index is -0.254. The summed E-state index contributed by atoms with van der Waals surface area (Å²) in [5.74, 6) is 0.767. The van der Waals surface area contributed by atoms with Crippen molar-refractivity contribution in [2.75, 3.05) is 39.5 Å². The van der Waals surface area contributed by atoms with Crippen molar-refractivity contribution < 1.29 is 19.1 Å². The largest absolute Gasteiger partial charge is 0.381 e. The molecule has 1 heterocycles. The SMILES string of the molecule is CCCCCCCCCCC(CCCCCCCC)COCCCNC(=O)c1cccc(C(=O)NCCCOCC(CCCCCCCC)CCCCCCCCCC)n1. The Morgan fingerprint density at radius 3 is 1.02 bits per heavy atom. The normalized spacial score (nSPS) is 12.5. The molecule has 7 nitrogen and oxygen atoms in total. The predicted molar refractivity (Wildman–Crippen MR) is 257 cm³/mol. The van der Waals surface area contributed by atoms with Crippen molar-refractivity contribution in [1.29, 1.82) is 0 Å². The van der Waals surface area contributed by atoms with Gasteiger partial charge in [-0.1, -0.05) is 214 Å². The van der Waals surface area contributed by atoms with Crippen LogP contribution in [0.25, 0.3) is 0 Å². The molecule has 0 aliphatic carbocycles. The second-order valence-corrected chi connectivity index (χ2v) is 18.1. The zero-order valence-electron chi connectivity index (χ0n) is 40.3. The van der Waals surface area contributed by atoms with Crippen LogP contribution in [0.1, 0.15) is 267 Å². The molecule has 2 amide bonds. The summed E-state index contributed by atoms with van der Waals surface area (Å²) < 4.78 is 12.3. The van der Waals surface area contributed by atoms with Crippen molar-refractivity contribution in [2.24, 2.45) is 11.8 Å². The average molecular weight is 842 g/mol. The van der Waals surface area contributed by atoms with E-state index in [1.54, 1.807) is 18.2 Å². The number of carbonyl (C=O) groups is 2. The first-order chi connectivity index (χ1) is 29.5. The number of hydrogen-bond acceptors (Lipinski definition) is 5. The quantitative estimate of drug-likeness (QED) is 0.0638. The highest BCUT2D eigenvalue weighted by atomic mass is 16.5. The molecular formula is C53H99N3O4. The van der Waals surface area contributed by atoms with Crippen LogP contribution in [0.2, 0.25) is 0 Å². The van der Waals surface area contributed by atoms with Gasteiger partial charge < -0.3 is 20.1 Å². The molecule has 2 N–H and O–H groups in total. The third-order valence-corrected chi connectivity index (χ3v) is 12.3. The molecule has 60 heavy (non-hydrogen) atoms. The van der Waals surface area contributed by atoms with Crippen LogP contribution in [-0.4, -0.2) is 56.3 Å². The van der Waals surface area contributed by atoms with Crippen molar-refractivity contribution in [3.05, 3.63) is 29.6 Å². The Bertz CT molecular complexity index is 1000. The number of nitrogens with zero attached hydrogens (tertiary/aromatic N) is 1. The fraction of sp³-hybridized carbons (Fsp3) is 0.868. The molecule has 1 aromatic rings. The van der Waals surface area contributed by atoms with E-state index in [1.807, 2.05) is 0 Å². The number of rotatable bonds is 46.